The number of amides is 1. The van der Waals surface area contributed by atoms with Crippen molar-refractivity contribution in [2.45, 2.75) is 19.3 Å². The predicted molar refractivity (Wildman–Crippen MR) is 71.8 cm³/mol. The van der Waals surface area contributed by atoms with Crippen LogP contribution in [0.25, 0.3) is 0 Å². The molecule has 0 saturated carbocycles. The predicted octanol–water partition coefficient (Wildman–Crippen LogP) is 2.28. The van der Waals surface area contributed by atoms with Gasteiger partial charge in [0.25, 0.3) is 0 Å². The highest BCUT2D eigenvalue weighted by Crippen LogP contribution is 2.09. The van der Waals surface area contributed by atoms with Gasteiger partial charge in [0.15, 0.2) is 0 Å². The topological polar surface area (TPSA) is 62.5 Å². The van der Waals surface area contributed by atoms with Crippen LogP contribution in [0.15, 0.2) is 47.1 Å². The van der Waals surface area contributed by atoms with Gasteiger partial charge in [0.2, 0.25) is 5.91 Å². The number of benzene rings is 1. The van der Waals surface area contributed by atoms with Crippen molar-refractivity contribution in [3.8, 4) is 5.75 Å². The van der Waals surface area contributed by atoms with E-state index in [-0.39, 0.29) is 11.7 Å². The minimum absolute atomic E-state index is 0.0233. The number of phenols is 1. The molecule has 0 aliphatic rings. The number of nitrogens with one attached hydrogen (secondary N) is 1. The van der Waals surface area contributed by atoms with Gasteiger partial charge in [0.05, 0.1) is 6.26 Å². The second kappa shape index (κ2) is 6.64. The molecule has 1 aromatic carbocycles. The van der Waals surface area contributed by atoms with Crippen LogP contribution in [0.1, 0.15) is 17.7 Å². The van der Waals surface area contributed by atoms with Crippen molar-refractivity contribution in [2.24, 2.45) is 0 Å². The minimum Gasteiger partial charge on any atom is -0.508 e. The zero-order valence-corrected chi connectivity index (χ0v) is 10.6. The van der Waals surface area contributed by atoms with Gasteiger partial charge < -0.3 is 14.8 Å². The first kappa shape index (κ1) is 13.2. The third-order valence-electron chi connectivity index (χ3n) is 2.85. The molecule has 100 valence electrons. The lowest BCUT2D eigenvalue weighted by Crippen LogP contribution is -2.25. The van der Waals surface area contributed by atoms with Gasteiger partial charge in [-0.3, -0.25) is 4.79 Å². The second-order valence-corrected chi connectivity index (χ2v) is 4.35. The zero-order valence-electron chi connectivity index (χ0n) is 10.6. The van der Waals surface area contributed by atoms with Crippen molar-refractivity contribution >= 4 is 5.91 Å². The Kier molecular flexibility index (Phi) is 4.61. The molecular formula is C15H17NO3. The molecular weight excluding hydrogens is 242 g/mol. The standard InChI is InChI=1S/C15H17NO3/c17-13-5-3-12(4-6-13)9-10-16-15(18)8-7-14-2-1-11-19-14/h1-6,11,17H,7-10H2,(H,16,18). The van der Waals surface area contributed by atoms with Gasteiger partial charge in [-0.1, -0.05) is 12.1 Å². The molecule has 1 amide bonds. The fourth-order valence-corrected chi connectivity index (χ4v) is 1.79. The fraction of sp³-hybridized carbons (Fsp3) is 0.267. The normalized spacial score (nSPS) is 10.3. The number of carbonyl (C=O) groups is 1. The van der Waals surface area contributed by atoms with Gasteiger partial charge in [0.1, 0.15) is 11.5 Å². The molecule has 0 unspecified atom stereocenters. The van der Waals surface area contributed by atoms with Gasteiger partial charge >= 0.3 is 0 Å². The summed E-state index contributed by atoms with van der Waals surface area (Å²) in [6.07, 6.45) is 3.42. The van der Waals surface area contributed by atoms with Crippen LogP contribution in [-0.2, 0) is 17.6 Å². The lowest BCUT2D eigenvalue weighted by molar-refractivity contribution is -0.121. The van der Waals surface area contributed by atoms with E-state index in [1.54, 1.807) is 18.4 Å². The summed E-state index contributed by atoms with van der Waals surface area (Å²) in [6.45, 7) is 0.599. The van der Waals surface area contributed by atoms with Gasteiger partial charge in [0, 0.05) is 19.4 Å². The van der Waals surface area contributed by atoms with E-state index in [2.05, 4.69) is 5.32 Å². The number of carbonyl (C=O) groups excluding carboxylic acids is 1. The molecule has 4 nitrogen and oxygen atoms in total. The Morgan fingerprint density at radius 3 is 2.63 bits per heavy atom. The first-order valence-corrected chi connectivity index (χ1v) is 6.31. The van der Waals surface area contributed by atoms with Gasteiger partial charge in [-0.25, -0.2) is 0 Å². The summed E-state index contributed by atoms with van der Waals surface area (Å²) in [5.41, 5.74) is 1.09. The Hall–Kier alpha value is -2.23. The average molecular weight is 259 g/mol. The summed E-state index contributed by atoms with van der Waals surface area (Å²) < 4.78 is 5.17. The molecule has 0 aliphatic heterocycles. The summed E-state index contributed by atoms with van der Waals surface area (Å²) in [5.74, 6) is 1.11. The Labute approximate surface area is 112 Å². The first-order valence-electron chi connectivity index (χ1n) is 6.31. The van der Waals surface area contributed by atoms with Crippen LogP contribution in [0.5, 0.6) is 5.75 Å². The molecule has 0 radical (unpaired) electrons. The molecule has 0 saturated heterocycles. The largest absolute Gasteiger partial charge is 0.508 e. The van der Waals surface area contributed by atoms with Crippen molar-refractivity contribution in [2.75, 3.05) is 6.54 Å². The molecule has 19 heavy (non-hydrogen) atoms. The van der Waals surface area contributed by atoms with Crippen molar-refractivity contribution in [1.29, 1.82) is 0 Å². The SMILES string of the molecule is O=C(CCc1ccco1)NCCc1ccc(O)cc1. The molecule has 0 fully saturated rings. The van der Waals surface area contributed by atoms with E-state index >= 15 is 0 Å². The Balaban J connectivity index is 1.65. The molecule has 2 N–H and O–H groups in total. The number of aromatic hydroxyl groups is 1. The van der Waals surface area contributed by atoms with E-state index in [0.29, 0.717) is 19.4 Å². The quantitative estimate of drug-likeness (QED) is 0.836. The zero-order chi connectivity index (χ0) is 13.5. The Bertz CT molecular complexity index is 503. The van der Waals surface area contributed by atoms with E-state index in [1.807, 2.05) is 24.3 Å². The molecule has 1 heterocycles. The highest BCUT2D eigenvalue weighted by atomic mass is 16.3. The van der Waals surface area contributed by atoms with E-state index in [4.69, 9.17) is 9.52 Å². The van der Waals surface area contributed by atoms with E-state index in [1.165, 1.54) is 0 Å². The molecule has 0 bridgehead atoms. The summed E-state index contributed by atoms with van der Waals surface area (Å²) in [6, 6.07) is 10.7. The first-order chi connectivity index (χ1) is 9.24. The molecule has 1 aromatic heterocycles. The number of aryl methyl sites for hydroxylation is 1. The van der Waals surface area contributed by atoms with Gasteiger partial charge in [-0.05, 0) is 36.2 Å². The molecule has 0 atom stereocenters. The van der Waals surface area contributed by atoms with Gasteiger partial charge in [-0.15, -0.1) is 0 Å². The van der Waals surface area contributed by atoms with E-state index in [0.717, 1.165) is 17.7 Å². The van der Waals surface area contributed by atoms with E-state index in [9.17, 15) is 4.79 Å². The third kappa shape index (κ3) is 4.50. The molecule has 2 rings (SSSR count). The second-order valence-electron chi connectivity index (χ2n) is 4.35. The smallest absolute Gasteiger partial charge is 0.220 e. The summed E-state index contributed by atoms with van der Waals surface area (Å²) >= 11 is 0. The summed E-state index contributed by atoms with van der Waals surface area (Å²) in [5, 5.41) is 12.0. The summed E-state index contributed by atoms with van der Waals surface area (Å²) in [4.78, 5) is 11.6. The maximum atomic E-state index is 11.6. The van der Waals surface area contributed by atoms with Crippen LogP contribution in [0, 0.1) is 0 Å². The van der Waals surface area contributed by atoms with Crippen LogP contribution < -0.4 is 5.32 Å². The number of furan rings is 1. The number of hydrogen-bond acceptors (Lipinski definition) is 3. The molecule has 0 spiro atoms. The number of phenolic OH excluding ortho intramolecular Hbond substituents is 1. The highest BCUT2D eigenvalue weighted by Gasteiger charge is 2.03. The Morgan fingerprint density at radius 1 is 1.16 bits per heavy atom. The maximum Gasteiger partial charge on any atom is 0.220 e. The lowest BCUT2D eigenvalue weighted by Gasteiger charge is -2.05. The monoisotopic (exact) mass is 259 g/mol. The molecule has 0 aliphatic carbocycles. The minimum atomic E-state index is 0.0233. The number of hydrogen-bond donors (Lipinski definition) is 2. The Morgan fingerprint density at radius 2 is 1.95 bits per heavy atom. The number of rotatable bonds is 6. The molecule has 4 heteroatoms. The van der Waals surface area contributed by atoms with Crippen LogP contribution in [0.2, 0.25) is 0 Å². The van der Waals surface area contributed by atoms with Crippen molar-refractivity contribution < 1.29 is 14.3 Å². The van der Waals surface area contributed by atoms with Crippen LogP contribution in [-0.4, -0.2) is 17.6 Å². The van der Waals surface area contributed by atoms with Gasteiger partial charge in [-0.2, -0.15) is 0 Å². The summed E-state index contributed by atoms with van der Waals surface area (Å²) in [7, 11) is 0. The van der Waals surface area contributed by atoms with E-state index < -0.39 is 0 Å². The lowest BCUT2D eigenvalue weighted by atomic mass is 10.1. The molecule has 2 aromatic rings. The maximum absolute atomic E-state index is 11.6. The highest BCUT2D eigenvalue weighted by molar-refractivity contribution is 5.76. The third-order valence-corrected chi connectivity index (χ3v) is 2.85. The fourth-order valence-electron chi connectivity index (χ4n) is 1.79. The average Bonchev–Trinajstić information content (AvgIpc) is 2.92. The van der Waals surface area contributed by atoms with Crippen molar-refractivity contribution in [3.05, 3.63) is 54.0 Å². The van der Waals surface area contributed by atoms with Crippen molar-refractivity contribution in [3.63, 3.8) is 0 Å². The van der Waals surface area contributed by atoms with Crippen LogP contribution in [0.4, 0.5) is 0 Å². The van der Waals surface area contributed by atoms with Crippen LogP contribution in [0.3, 0.4) is 0 Å². The van der Waals surface area contributed by atoms with Crippen molar-refractivity contribution in [1.82, 2.24) is 5.32 Å². The van der Waals surface area contributed by atoms with Crippen LogP contribution >= 0.6 is 0 Å².